The summed E-state index contributed by atoms with van der Waals surface area (Å²) in [6, 6.07) is 8.63. The molecule has 1 aliphatic heterocycles. The number of para-hydroxylation sites is 1. The van der Waals surface area contributed by atoms with Gasteiger partial charge in [0.15, 0.2) is 9.84 Å². The average Bonchev–Trinajstić information content (AvgIpc) is 2.76. The molecule has 1 aliphatic rings. The van der Waals surface area contributed by atoms with Crippen molar-refractivity contribution in [3.63, 3.8) is 0 Å². The standard InChI is InChI=1S/C16H22N2O4S/c19-15(17-14-8-4-3-5-9-14)12-23(21,22)13-16(20)18-10-6-1-2-7-11-18/h3-5,8-9H,1-2,6-7,10-13H2,(H,17,19). The summed E-state index contributed by atoms with van der Waals surface area (Å²) in [6.07, 6.45) is 3.94. The number of rotatable bonds is 5. The number of benzene rings is 1. The summed E-state index contributed by atoms with van der Waals surface area (Å²) in [5, 5.41) is 2.52. The number of hydrogen-bond acceptors (Lipinski definition) is 4. The zero-order valence-corrected chi connectivity index (χ0v) is 13.8. The molecule has 7 heteroatoms. The van der Waals surface area contributed by atoms with Gasteiger partial charge in [-0.1, -0.05) is 31.0 Å². The Hall–Kier alpha value is -1.89. The highest BCUT2D eigenvalue weighted by Gasteiger charge is 2.24. The van der Waals surface area contributed by atoms with Crippen LogP contribution in [0.4, 0.5) is 5.69 Å². The van der Waals surface area contributed by atoms with Crippen molar-refractivity contribution in [2.24, 2.45) is 0 Å². The Bertz CT molecular complexity index is 635. The lowest BCUT2D eigenvalue weighted by atomic mass is 10.2. The molecule has 0 aromatic heterocycles. The van der Waals surface area contributed by atoms with E-state index in [4.69, 9.17) is 0 Å². The van der Waals surface area contributed by atoms with E-state index in [2.05, 4.69) is 5.32 Å². The predicted octanol–water partition coefficient (Wildman–Crippen LogP) is 1.44. The average molecular weight is 338 g/mol. The maximum absolute atomic E-state index is 12.1. The van der Waals surface area contributed by atoms with Crippen LogP contribution < -0.4 is 5.32 Å². The maximum atomic E-state index is 12.1. The van der Waals surface area contributed by atoms with Gasteiger partial charge in [0, 0.05) is 18.8 Å². The number of carbonyl (C=O) groups excluding carboxylic acids is 2. The molecule has 0 atom stereocenters. The molecular weight excluding hydrogens is 316 g/mol. The van der Waals surface area contributed by atoms with Crippen molar-refractivity contribution < 1.29 is 18.0 Å². The summed E-state index contributed by atoms with van der Waals surface area (Å²) in [5.74, 6) is -2.31. The number of carbonyl (C=O) groups is 2. The van der Waals surface area contributed by atoms with E-state index in [0.29, 0.717) is 18.8 Å². The van der Waals surface area contributed by atoms with Crippen LogP contribution in [0, 0.1) is 0 Å². The molecule has 1 saturated heterocycles. The lowest BCUT2D eigenvalue weighted by Crippen LogP contribution is -2.38. The number of amides is 2. The third-order valence-electron chi connectivity index (χ3n) is 3.71. The number of anilines is 1. The van der Waals surface area contributed by atoms with Crippen molar-refractivity contribution in [2.45, 2.75) is 25.7 Å². The van der Waals surface area contributed by atoms with Crippen LogP contribution in [0.15, 0.2) is 30.3 Å². The van der Waals surface area contributed by atoms with Gasteiger partial charge in [0.1, 0.15) is 11.5 Å². The Kier molecular flexibility index (Phi) is 6.15. The van der Waals surface area contributed by atoms with Gasteiger partial charge in [-0.3, -0.25) is 9.59 Å². The largest absolute Gasteiger partial charge is 0.342 e. The fourth-order valence-electron chi connectivity index (χ4n) is 2.57. The Labute approximate surface area is 136 Å². The van der Waals surface area contributed by atoms with Crippen molar-refractivity contribution >= 4 is 27.3 Å². The maximum Gasteiger partial charge on any atom is 0.239 e. The summed E-state index contributed by atoms with van der Waals surface area (Å²) in [7, 11) is -3.76. The lowest BCUT2D eigenvalue weighted by molar-refractivity contribution is -0.128. The second-order valence-corrected chi connectivity index (χ2v) is 7.81. The fourth-order valence-corrected chi connectivity index (χ4v) is 3.70. The number of nitrogens with zero attached hydrogens (tertiary/aromatic N) is 1. The molecule has 2 amide bonds. The molecule has 0 saturated carbocycles. The summed E-state index contributed by atoms with van der Waals surface area (Å²) in [5.41, 5.74) is 0.534. The van der Waals surface area contributed by atoms with Gasteiger partial charge in [0.25, 0.3) is 0 Å². The molecule has 0 unspecified atom stereocenters. The smallest absolute Gasteiger partial charge is 0.239 e. The predicted molar refractivity (Wildman–Crippen MR) is 88.8 cm³/mol. The van der Waals surface area contributed by atoms with Gasteiger partial charge in [-0.2, -0.15) is 0 Å². The fraction of sp³-hybridized carbons (Fsp3) is 0.500. The normalized spacial score (nSPS) is 15.7. The highest BCUT2D eigenvalue weighted by atomic mass is 32.2. The summed E-state index contributed by atoms with van der Waals surface area (Å²) < 4.78 is 24.1. The van der Waals surface area contributed by atoms with Crippen LogP contribution in [0.5, 0.6) is 0 Å². The van der Waals surface area contributed by atoms with Crippen LogP contribution in [0.1, 0.15) is 25.7 Å². The van der Waals surface area contributed by atoms with E-state index in [1.165, 1.54) is 0 Å². The van der Waals surface area contributed by atoms with Gasteiger partial charge >= 0.3 is 0 Å². The van der Waals surface area contributed by atoms with Crippen molar-refractivity contribution in [1.82, 2.24) is 4.90 Å². The van der Waals surface area contributed by atoms with Crippen LogP contribution in [-0.4, -0.2) is 49.7 Å². The molecular formula is C16H22N2O4S. The van der Waals surface area contributed by atoms with Gasteiger partial charge < -0.3 is 10.2 Å². The molecule has 1 fully saturated rings. The third-order valence-corrected chi connectivity index (χ3v) is 5.10. The molecule has 0 bridgehead atoms. The topological polar surface area (TPSA) is 83.5 Å². The molecule has 0 aliphatic carbocycles. The Morgan fingerprint density at radius 1 is 0.957 bits per heavy atom. The zero-order chi connectivity index (χ0) is 16.7. The molecule has 23 heavy (non-hydrogen) atoms. The van der Waals surface area contributed by atoms with Crippen LogP contribution in [-0.2, 0) is 19.4 Å². The van der Waals surface area contributed by atoms with Crippen molar-refractivity contribution in [3.05, 3.63) is 30.3 Å². The van der Waals surface area contributed by atoms with Crippen LogP contribution in [0.3, 0.4) is 0 Å². The molecule has 2 rings (SSSR count). The molecule has 1 heterocycles. The van der Waals surface area contributed by atoms with Gasteiger partial charge in [0.2, 0.25) is 11.8 Å². The first-order chi connectivity index (χ1) is 11.0. The second-order valence-electron chi connectivity index (χ2n) is 5.74. The lowest BCUT2D eigenvalue weighted by Gasteiger charge is -2.20. The van der Waals surface area contributed by atoms with E-state index < -0.39 is 33.2 Å². The summed E-state index contributed by atoms with van der Waals surface area (Å²) in [4.78, 5) is 25.5. The number of nitrogens with one attached hydrogen (secondary N) is 1. The molecule has 0 spiro atoms. The number of hydrogen-bond donors (Lipinski definition) is 1. The van der Waals surface area contributed by atoms with E-state index in [-0.39, 0.29) is 0 Å². The Balaban J connectivity index is 1.88. The van der Waals surface area contributed by atoms with E-state index in [1.807, 2.05) is 0 Å². The zero-order valence-electron chi connectivity index (χ0n) is 13.0. The summed E-state index contributed by atoms with van der Waals surface area (Å²) >= 11 is 0. The Morgan fingerprint density at radius 3 is 2.17 bits per heavy atom. The highest BCUT2D eigenvalue weighted by Crippen LogP contribution is 2.11. The van der Waals surface area contributed by atoms with Gasteiger partial charge in [-0.25, -0.2) is 8.42 Å². The van der Waals surface area contributed by atoms with Gasteiger partial charge in [-0.05, 0) is 25.0 Å². The molecule has 1 N–H and O–H groups in total. The SMILES string of the molecule is O=C(CS(=O)(=O)CC(=O)N1CCCCCC1)Nc1ccccc1. The van der Waals surface area contributed by atoms with Crippen LogP contribution >= 0.6 is 0 Å². The third kappa shape index (κ3) is 6.02. The molecule has 0 radical (unpaired) electrons. The number of likely N-dealkylation sites (tertiary alicyclic amines) is 1. The molecule has 1 aromatic rings. The monoisotopic (exact) mass is 338 g/mol. The quantitative estimate of drug-likeness (QED) is 0.880. The minimum Gasteiger partial charge on any atom is -0.342 e. The molecule has 126 valence electrons. The Morgan fingerprint density at radius 2 is 1.57 bits per heavy atom. The van der Waals surface area contributed by atoms with Gasteiger partial charge in [-0.15, -0.1) is 0 Å². The van der Waals surface area contributed by atoms with E-state index >= 15 is 0 Å². The highest BCUT2D eigenvalue weighted by molar-refractivity contribution is 7.92. The first-order valence-electron chi connectivity index (χ1n) is 7.79. The second kappa shape index (κ2) is 8.10. The van der Waals surface area contributed by atoms with Crippen molar-refractivity contribution in [3.8, 4) is 0 Å². The molecule has 6 nitrogen and oxygen atoms in total. The minimum absolute atomic E-state index is 0.403. The summed E-state index contributed by atoms with van der Waals surface area (Å²) in [6.45, 7) is 1.20. The first kappa shape index (κ1) is 17.5. The van der Waals surface area contributed by atoms with Crippen molar-refractivity contribution in [1.29, 1.82) is 0 Å². The van der Waals surface area contributed by atoms with Crippen molar-refractivity contribution in [2.75, 3.05) is 29.9 Å². The molecule has 1 aromatic carbocycles. The van der Waals surface area contributed by atoms with E-state index in [1.54, 1.807) is 35.2 Å². The van der Waals surface area contributed by atoms with Gasteiger partial charge in [0.05, 0.1) is 0 Å². The number of sulfone groups is 1. The van der Waals surface area contributed by atoms with Crippen LogP contribution in [0.2, 0.25) is 0 Å². The first-order valence-corrected chi connectivity index (χ1v) is 9.61. The van der Waals surface area contributed by atoms with E-state index in [9.17, 15) is 18.0 Å². The minimum atomic E-state index is -3.76. The van der Waals surface area contributed by atoms with E-state index in [0.717, 1.165) is 25.7 Å². The van der Waals surface area contributed by atoms with Crippen LogP contribution in [0.25, 0.3) is 0 Å².